The van der Waals surface area contributed by atoms with Crippen LogP contribution in [0.5, 0.6) is 0 Å². The standard InChI is InChI=1S/C34H47N/c1-3-5-7-23-34(26-35)24-21-33(22-25-34)32-19-17-31(18-20-32)30-15-13-29(14-16-30)28-11-9-27(10-12-28)8-6-4-2/h13-20,27-28,33H,3-12,21-25H2,1-2H3. The average molecular weight is 470 g/mol. The van der Waals surface area contributed by atoms with Gasteiger partial charge < -0.3 is 0 Å². The molecule has 0 spiro atoms. The van der Waals surface area contributed by atoms with Crippen LogP contribution in [-0.4, -0.2) is 0 Å². The minimum Gasteiger partial charge on any atom is -0.198 e. The maximum Gasteiger partial charge on any atom is 0.0689 e. The van der Waals surface area contributed by atoms with E-state index in [-0.39, 0.29) is 5.41 Å². The van der Waals surface area contributed by atoms with E-state index in [1.165, 1.54) is 80.9 Å². The average Bonchev–Trinajstić information content (AvgIpc) is 2.93. The monoisotopic (exact) mass is 469 g/mol. The zero-order valence-electron chi connectivity index (χ0n) is 22.4. The first-order valence-electron chi connectivity index (χ1n) is 14.8. The molecule has 4 rings (SSSR count). The van der Waals surface area contributed by atoms with Gasteiger partial charge in [0.15, 0.2) is 0 Å². The lowest BCUT2D eigenvalue weighted by atomic mass is 9.67. The zero-order chi connectivity index (χ0) is 24.5. The number of rotatable bonds is 10. The van der Waals surface area contributed by atoms with Crippen LogP contribution in [0.25, 0.3) is 11.1 Å². The topological polar surface area (TPSA) is 23.8 Å². The Labute approximate surface area is 215 Å². The maximum absolute atomic E-state index is 9.86. The normalized spacial score (nSPS) is 26.8. The van der Waals surface area contributed by atoms with Gasteiger partial charge in [-0.15, -0.1) is 0 Å². The minimum atomic E-state index is -0.0535. The number of nitrogens with zero attached hydrogens (tertiary/aromatic N) is 1. The van der Waals surface area contributed by atoms with E-state index in [0.29, 0.717) is 5.92 Å². The van der Waals surface area contributed by atoms with Gasteiger partial charge in [0.2, 0.25) is 0 Å². The highest BCUT2D eigenvalue weighted by molar-refractivity contribution is 5.64. The number of benzene rings is 2. The second-order valence-electron chi connectivity index (χ2n) is 11.7. The Balaban J connectivity index is 1.30. The van der Waals surface area contributed by atoms with Gasteiger partial charge >= 0.3 is 0 Å². The first-order chi connectivity index (χ1) is 17.2. The molecular formula is C34H47N. The highest BCUT2D eigenvalue weighted by Crippen LogP contribution is 2.46. The fourth-order valence-corrected chi connectivity index (χ4v) is 6.81. The third-order valence-corrected chi connectivity index (χ3v) is 9.35. The molecule has 2 aliphatic rings. The molecule has 0 heterocycles. The molecule has 0 radical (unpaired) electrons. The molecule has 1 heteroatoms. The quantitative estimate of drug-likeness (QED) is 0.317. The SMILES string of the molecule is CCCCCC1(C#N)CCC(c2ccc(-c3ccc(C4CCC(CCCC)CC4)cc3)cc2)CC1. The van der Waals surface area contributed by atoms with Crippen LogP contribution < -0.4 is 0 Å². The summed E-state index contributed by atoms with van der Waals surface area (Å²) >= 11 is 0. The Morgan fingerprint density at radius 2 is 1.20 bits per heavy atom. The minimum absolute atomic E-state index is 0.0535. The summed E-state index contributed by atoms with van der Waals surface area (Å²) in [5.41, 5.74) is 5.61. The molecule has 0 aromatic heterocycles. The molecule has 0 aliphatic heterocycles. The van der Waals surface area contributed by atoms with Crippen LogP contribution in [0, 0.1) is 22.7 Å². The summed E-state index contributed by atoms with van der Waals surface area (Å²) in [6.07, 6.45) is 19.0. The number of hydrogen-bond acceptors (Lipinski definition) is 1. The molecule has 0 amide bonds. The van der Waals surface area contributed by atoms with E-state index in [1.54, 1.807) is 5.56 Å². The second kappa shape index (κ2) is 12.8. The first kappa shape index (κ1) is 26.0. The molecule has 1 nitrogen and oxygen atoms in total. The smallest absolute Gasteiger partial charge is 0.0689 e. The van der Waals surface area contributed by atoms with Gasteiger partial charge in [-0.2, -0.15) is 5.26 Å². The van der Waals surface area contributed by atoms with Gasteiger partial charge in [0.25, 0.3) is 0 Å². The van der Waals surface area contributed by atoms with Crippen molar-refractivity contribution in [1.29, 1.82) is 5.26 Å². The van der Waals surface area contributed by atoms with Crippen molar-refractivity contribution in [3.8, 4) is 17.2 Å². The third-order valence-electron chi connectivity index (χ3n) is 9.35. The second-order valence-corrected chi connectivity index (χ2v) is 11.7. The maximum atomic E-state index is 9.86. The number of unbranched alkanes of at least 4 members (excludes halogenated alkanes) is 3. The van der Waals surface area contributed by atoms with E-state index in [2.05, 4.69) is 68.4 Å². The van der Waals surface area contributed by atoms with Gasteiger partial charge in [0.05, 0.1) is 11.5 Å². The summed E-state index contributed by atoms with van der Waals surface area (Å²) in [6.45, 7) is 4.56. The fourth-order valence-electron chi connectivity index (χ4n) is 6.81. The van der Waals surface area contributed by atoms with Crippen molar-refractivity contribution < 1.29 is 0 Å². The molecule has 35 heavy (non-hydrogen) atoms. The molecule has 0 bridgehead atoms. The molecule has 0 N–H and O–H groups in total. The molecule has 2 aliphatic carbocycles. The van der Waals surface area contributed by atoms with E-state index >= 15 is 0 Å². The number of nitriles is 1. The summed E-state index contributed by atoms with van der Waals surface area (Å²) < 4.78 is 0. The van der Waals surface area contributed by atoms with Crippen molar-refractivity contribution >= 4 is 0 Å². The van der Waals surface area contributed by atoms with Crippen LogP contribution in [0.3, 0.4) is 0 Å². The van der Waals surface area contributed by atoms with Gasteiger partial charge in [0, 0.05) is 0 Å². The largest absolute Gasteiger partial charge is 0.198 e. The third kappa shape index (κ3) is 6.78. The predicted molar refractivity (Wildman–Crippen MR) is 149 cm³/mol. The summed E-state index contributed by atoms with van der Waals surface area (Å²) in [7, 11) is 0. The van der Waals surface area contributed by atoms with Gasteiger partial charge in [-0.1, -0.05) is 101 Å². The molecule has 0 atom stereocenters. The number of hydrogen-bond donors (Lipinski definition) is 0. The highest BCUT2D eigenvalue weighted by atomic mass is 14.4. The molecule has 0 saturated heterocycles. The van der Waals surface area contributed by atoms with Crippen molar-refractivity contribution in [1.82, 2.24) is 0 Å². The Morgan fingerprint density at radius 3 is 1.69 bits per heavy atom. The van der Waals surface area contributed by atoms with Crippen LogP contribution in [0.1, 0.15) is 133 Å². The van der Waals surface area contributed by atoms with E-state index < -0.39 is 0 Å². The summed E-state index contributed by atoms with van der Waals surface area (Å²) in [4.78, 5) is 0. The molecule has 2 fully saturated rings. The van der Waals surface area contributed by atoms with E-state index in [9.17, 15) is 5.26 Å². The molecule has 188 valence electrons. The molecule has 2 saturated carbocycles. The lowest BCUT2D eigenvalue weighted by molar-refractivity contribution is 0.223. The van der Waals surface area contributed by atoms with Crippen LogP contribution in [-0.2, 0) is 0 Å². The van der Waals surface area contributed by atoms with Crippen molar-refractivity contribution in [2.24, 2.45) is 11.3 Å². The van der Waals surface area contributed by atoms with Gasteiger partial charge in [0.1, 0.15) is 0 Å². The van der Waals surface area contributed by atoms with Crippen LogP contribution >= 0.6 is 0 Å². The van der Waals surface area contributed by atoms with Gasteiger partial charge in [-0.25, -0.2) is 0 Å². The zero-order valence-corrected chi connectivity index (χ0v) is 22.4. The lowest BCUT2D eigenvalue weighted by Crippen LogP contribution is -2.25. The van der Waals surface area contributed by atoms with E-state index in [1.807, 2.05) is 0 Å². The van der Waals surface area contributed by atoms with Crippen molar-refractivity contribution in [2.45, 2.75) is 122 Å². The summed E-state index contributed by atoms with van der Waals surface area (Å²) in [6, 6.07) is 21.5. The van der Waals surface area contributed by atoms with Crippen molar-refractivity contribution in [3.05, 3.63) is 59.7 Å². The van der Waals surface area contributed by atoms with Crippen LogP contribution in [0.2, 0.25) is 0 Å². The van der Waals surface area contributed by atoms with Crippen LogP contribution in [0.15, 0.2) is 48.5 Å². The van der Waals surface area contributed by atoms with Gasteiger partial charge in [-0.05, 0) is 97.8 Å². The predicted octanol–water partition coefficient (Wildman–Crippen LogP) is 10.6. The van der Waals surface area contributed by atoms with Crippen LogP contribution in [0.4, 0.5) is 0 Å². The lowest BCUT2D eigenvalue weighted by Gasteiger charge is -2.35. The Hall–Kier alpha value is -2.07. The van der Waals surface area contributed by atoms with Crippen molar-refractivity contribution in [2.75, 3.05) is 0 Å². The molecule has 2 aromatic carbocycles. The Morgan fingerprint density at radius 1 is 0.686 bits per heavy atom. The molecular weight excluding hydrogens is 422 g/mol. The Bertz CT molecular complexity index is 916. The molecule has 0 unspecified atom stereocenters. The molecule has 2 aromatic rings. The van der Waals surface area contributed by atoms with Gasteiger partial charge in [-0.3, -0.25) is 0 Å². The Kier molecular flexibility index (Phi) is 9.48. The van der Waals surface area contributed by atoms with Crippen molar-refractivity contribution in [3.63, 3.8) is 0 Å². The first-order valence-corrected chi connectivity index (χ1v) is 14.8. The fraction of sp³-hybridized carbons (Fsp3) is 0.618. The summed E-state index contributed by atoms with van der Waals surface area (Å²) in [5.74, 6) is 2.36. The van der Waals surface area contributed by atoms with E-state index in [0.717, 1.165) is 43.9 Å². The van der Waals surface area contributed by atoms with E-state index in [4.69, 9.17) is 0 Å². The highest BCUT2D eigenvalue weighted by Gasteiger charge is 2.35. The summed E-state index contributed by atoms with van der Waals surface area (Å²) in [5, 5.41) is 9.86.